The van der Waals surface area contributed by atoms with Crippen LogP contribution < -0.4 is 31.9 Å². The largest absolute Gasteiger partial charge is 0.387 e. The maximum Gasteiger partial charge on any atom is 0.143 e. The smallest absolute Gasteiger partial charge is 0.143 e. The number of hydrogen-bond acceptors (Lipinski definition) is 24. The number of pyridine rings is 6. The molecule has 4 fully saturated rings. The molecular weight excluding hydrogens is 1700 g/mol. The number of hydrogen-bond donors (Lipinski definition) is 12. The molecule has 4 saturated heterocycles. The van der Waals surface area contributed by atoms with Crippen LogP contribution in [0, 0.1) is 43.4 Å². The number of aromatic nitrogens is 24. The molecular formula is C99H120N34O2. The molecule has 698 valence electrons. The second-order valence-corrected chi connectivity index (χ2v) is 35.9. The zero-order valence-corrected chi connectivity index (χ0v) is 79.4. The van der Waals surface area contributed by atoms with Gasteiger partial charge in [-0.2, -0.15) is 41.1 Å². The summed E-state index contributed by atoms with van der Waals surface area (Å²) in [6.45, 7) is 21.4. The van der Waals surface area contributed by atoms with E-state index >= 15 is 0 Å². The van der Waals surface area contributed by atoms with E-state index in [1.807, 2.05) is 201 Å². The molecule has 0 atom stereocenters. The SMILES string of the molecule is CNc1c(-c2cnn(C(C)(C)C#N)c2)cnc2[nH]cc(C)c12.CNc1c(-c2cnn(C(C)(C)C#N)c2)cnc2[nH]ccc12.CNc1c(-c2cnn(C3CCN(C)CC3)c2)cnc2[nH]cc(C)c12.CNc1c(-c2cnn(C3CCN(C)CC3)c2)cnc2[nH]ccc12.CNc1c(-c2cnn(C3CCOCC3)c2)cnc2[nH]cc(C)c12.CNc1c(-c2cnn(C3CCOCC3)c2)cnc2[nH]ccc12. The predicted molar refractivity (Wildman–Crippen MR) is 535 cm³/mol. The van der Waals surface area contributed by atoms with Crippen LogP contribution in [0.3, 0.4) is 0 Å². The third-order valence-electron chi connectivity index (χ3n) is 26.3. The van der Waals surface area contributed by atoms with Gasteiger partial charge in [0.05, 0.1) is 108 Å². The van der Waals surface area contributed by atoms with Crippen LogP contribution in [0.1, 0.15) is 120 Å². The topological polar surface area (TPSA) is 424 Å². The van der Waals surface area contributed by atoms with Crippen LogP contribution in [0.25, 0.3) is 133 Å². The van der Waals surface area contributed by atoms with Crippen molar-refractivity contribution in [1.82, 2.24) is 128 Å². The number of nitrogens with one attached hydrogen (secondary N) is 12. The molecule has 22 heterocycles. The standard InChI is InChI=1S/C18H24N6.C17H22N6.C17H21N5O.C16H18N6.C16H19N5O.C15H16N6/c1-12-8-20-18-16(12)17(19-2)15(10-21-18)13-9-22-24(11-13)14-4-6-23(3)7-5-14;1-18-16-14-3-6-19-17(14)20-10-15(16)12-9-21-23(11-12)13-4-7-22(2)8-5-13;1-11-7-19-17-15(11)16(18-2)14(9-20-17)12-8-21-22(10-12)13-3-5-23-6-4-13;1-10-5-19-15-13(10)14(18-4)12(7-20-15)11-6-21-22(8-11)16(2,3)9-17;1-17-15-13-2-5-18-16(13)19-9-14(15)11-8-20-21(10-11)12-3-6-22-7-4-12;1-15(2,9-16)21-8-10(6-20-21)12-7-19-14-11(4-5-18-14)13(12)17-3/h8-11,14H,4-7H2,1-3H3,(H2,19,20,21);3,6,9-11,13H,4-5,7-8H2,1-2H3,(H2,18,19,20);7-10,13H,3-6H2,1-2H3,(H2,18,19,20);5-8H,1-4H3,(H2,18,19,20);2,5,8-10,12H,3-4,6-7H2,1H3,(H2,17,18,19);4-8H,1-3H3,(H2,17,18,19). The molecule has 0 unspecified atom stereocenters. The summed E-state index contributed by atoms with van der Waals surface area (Å²) in [5, 5.41) is 71.9. The number of aryl methyl sites for hydroxylation is 3. The van der Waals surface area contributed by atoms with E-state index in [0.29, 0.717) is 24.2 Å². The van der Waals surface area contributed by atoms with Crippen LogP contribution >= 0.6 is 0 Å². The van der Waals surface area contributed by atoms with Crippen molar-refractivity contribution in [2.75, 3.05) is 141 Å². The molecule has 0 aliphatic carbocycles. The van der Waals surface area contributed by atoms with Gasteiger partial charge in [0, 0.05) is 279 Å². The van der Waals surface area contributed by atoms with E-state index in [4.69, 9.17) is 9.47 Å². The minimum Gasteiger partial charge on any atom is -0.387 e. The molecule has 22 rings (SSSR count). The predicted octanol–water partition coefficient (Wildman–Crippen LogP) is 17.5. The average Bonchev–Trinajstić information content (AvgIpc) is 1.65. The number of likely N-dealkylation sites (tertiary alicyclic amines) is 2. The van der Waals surface area contributed by atoms with E-state index in [9.17, 15) is 10.5 Å². The lowest BCUT2D eigenvalue weighted by atomic mass is 10.0. The Morgan fingerprint density at radius 2 is 0.570 bits per heavy atom. The van der Waals surface area contributed by atoms with Crippen LogP contribution in [0.15, 0.2) is 167 Å². The number of nitrogens with zero attached hydrogens (tertiary/aromatic N) is 22. The van der Waals surface area contributed by atoms with Crippen molar-refractivity contribution in [3.8, 4) is 78.9 Å². The molecule has 0 bridgehead atoms. The highest BCUT2D eigenvalue weighted by molar-refractivity contribution is 6.04. The summed E-state index contributed by atoms with van der Waals surface area (Å²) >= 11 is 0. The van der Waals surface area contributed by atoms with Crippen molar-refractivity contribution < 1.29 is 9.47 Å². The maximum atomic E-state index is 9.24. The lowest BCUT2D eigenvalue weighted by molar-refractivity contribution is 0.0661. The lowest BCUT2D eigenvalue weighted by Crippen LogP contribution is -2.31. The Hall–Kier alpha value is -15.0. The summed E-state index contributed by atoms with van der Waals surface area (Å²) in [5.41, 5.74) is 26.5. The molecule has 0 saturated carbocycles. The Morgan fingerprint density at radius 1 is 0.326 bits per heavy atom. The summed E-state index contributed by atoms with van der Waals surface area (Å²) < 4.78 is 22.6. The monoisotopic (exact) mass is 1820 g/mol. The summed E-state index contributed by atoms with van der Waals surface area (Å²) in [4.78, 5) is 50.8. The van der Waals surface area contributed by atoms with Crippen molar-refractivity contribution in [3.05, 3.63) is 184 Å². The Balaban J connectivity index is 0.000000113. The van der Waals surface area contributed by atoms with Gasteiger partial charge in [-0.25, -0.2) is 29.9 Å². The molecule has 18 aromatic rings. The van der Waals surface area contributed by atoms with Crippen LogP contribution in [0.4, 0.5) is 34.1 Å². The molecule has 12 N–H and O–H groups in total. The fraction of sp³-hybridized carbons (Fsp3) is 0.374. The molecule has 18 aromatic heterocycles. The fourth-order valence-electron chi connectivity index (χ4n) is 18.4. The molecule has 135 heavy (non-hydrogen) atoms. The van der Waals surface area contributed by atoms with Gasteiger partial charge in [0.2, 0.25) is 0 Å². The second-order valence-electron chi connectivity index (χ2n) is 35.9. The van der Waals surface area contributed by atoms with Crippen LogP contribution in [-0.4, -0.2) is 237 Å². The van der Waals surface area contributed by atoms with Gasteiger partial charge in [-0.15, -0.1) is 0 Å². The summed E-state index contributed by atoms with van der Waals surface area (Å²) in [5.74, 6) is 0. The highest BCUT2D eigenvalue weighted by Crippen LogP contribution is 2.43. The maximum absolute atomic E-state index is 9.24. The first-order chi connectivity index (χ1) is 65.6. The van der Waals surface area contributed by atoms with E-state index in [1.54, 1.807) is 21.8 Å². The summed E-state index contributed by atoms with van der Waals surface area (Å²) in [6, 6.07) is 12.4. The first kappa shape index (κ1) is 91.9. The molecule has 0 radical (unpaired) electrons. The molecule has 4 aliphatic heterocycles. The summed E-state index contributed by atoms with van der Waals surface area (Å²) in [7, 11) is 16.0. The Kier molecular flexibility index (Phi) is 27.4. The van der Waals surface area contributed by atoms with Crippen molar-refractivity contribution in [2.24, 2.45) is 0 Å². The highest BCUT2D eigenvalue weighted by atomic mass is 16.5. The normalized spacial score (nSPS) is 14.9. The van der Waals surface area contributed by atoms with E-state index in [0.717, 1.165) is 277 Å². The zero-order chi connectivity index (χ0) is 94.2. The minimum absolute atomic E-state index is 0.432. The lowest BCUT2D eigenvalue weighted by Gasteiger charge is -2.28. The quantitative estimate of drug-likeness (QED) is 0.0379. The third kappa shape index (κ3) is 19.1. The van der Waals surface area contributed by atoms with Crippen molar-refractivity contribution in [2.45, 2.75) is 135 Å². The van der Waals surface area contributed by atoms with Crippen LogP contribution in [0.2, 0.25) is 0 Å². The van der Waals surface area contributed by atoms with Crippen LogP contribution in [-0.2, 0) is 20.6 Å². The van der Waals surface area contributed by atoms with Gasteiger partial charge in [-0.1, -0.05) is 0 Å². The Labute approximate surface area is 782 Å². The first-order valence-electron chi connectivity index (χ1n) is 46.1. The van der Waals surface area contributed by atoms with Crippen molar-refractivity contribution >= 4 is 100 Å². The third-order valence-corrected chi connectivity index (χ3v) is 26.3. The fourth-order valence-corrected chi connectivity index (χ4v) is 18.4. The molecule has 36 nitrogen and oxygen atoms in total. The number of piperidine rings is 2. The van der Waals surface area contributed by atoms with E-state index in [1.165, 1.54) is 11.1 Å². The molecule has 36 heteroatoms. The zero-order valence-electron chi connectivity index (χ0n) is 79.4. The van der Waals surface area contributed by atoms with Gasteiger partial charge in [-0.3, -0.25) is 28.1 Å². The second kappa shape index (κ2) is 40.2. The number of rotatable bonds is 18. The van der Waals surface area contributed by atoms with Gasteiger partial charge in [0.1, 0.15) is 45.0 Å². The number of ether oxygens (including phenoxy) is 2. The first-order valence-corrected chi connectivity index (χ1v) is 46.1. The van der Waals surface area contributed by atoms with E-state index in [2.05, 4.69) is 222 Å². The van der Waals surface area contributed by atoms with Gasteiger partial charge >= 0.3 is 0 Å². The van der Waals surface area contributed by atoms with Crippen molar-refractivity contribution in [1.29, 1.82) is 10.5 Å². The number of aromatic amines is 6. The Bertz CT molecular complexity index is 7180. The van der Waals surface area contributed by atoms with E-state index < -0.39 is 11.1 Å². The van der Waals surface area contributed by atoms with Gasteiger partial charge in [-0.05, 0) is 175 Å². The molecule has 0 amide bonds. The van der Waals surface area contributed by atoms with Crippen molar-refractivity contribution in [3.63, 3.8) is 0 Å². The van der Waals surface area contributed by atoms with Gasteiger partial charge < -0.3 is 81.1 Å². The molecule has 0 spiro atoms. The highest BCUT2D eigenvalue weighted by Gasteiger charge is 2.29. The number of nitriles is 2. The summed E-state index contributed by atoms with van der Waals surface area (Å²) in [6.07, 6.45) is 55.3. The van der Waals surface area contributed by atoms with Gasteiger partial charge in [0.25, 0.3) is 0 Å². The number of H-pyrrole nitrogens is 6. The van der Waals surface area contributed by atoms with Gasteiger partial charge in [0.15, 0.2) is 0 Å². The molecule has 0 aromatic carbocycles. The Morgan fingerprint density at radius 3 is 0.837 bits per heavy atom. The number of anilines is 6. The van der Waals surface area contributed by atoms with Crippen LogP contribution in [0.5, 0.6) is 0 Å². The van der Waals surface area contributed by atoms with E-state index in [-0.39, 0.29) is 0 Å². The minimum atomic E-state index is -0.681. The number of fused-ring (bicyclic) bond motifs is 6. The average molecular weight is 1820 g/mol. The molecule has 4 aliphatic rings.